The third kappa shape index (κ3) is 6.12. The minimum Gasteiger partial charge on any atom is -0.494 e. The van der Waals surface area contributed by atoms with Crippen molar-refractivity contribution in [2.75, 3.05) is 32.5 Å². The van der Waals surface area contributed by atoms with Crippen LogP contribution in [0.5, 0.6) is 5.75 Å². The zero-order valence-electron chi connectivity index (χ0n) is 13.2. The van der Waals surface area contributed by atoms with E-state index < -0.39 is 0 Å². The quantitative estimate of drug-likeness (QED) is 0.556. The van der Waals surface area contributed by atoms with Crippen molar-refractivity contribution in [2.24, 2.45) is 0 Å². The Labute approximate surface area is 139 Å². The molecule has 0 saturated heterocycles. The molecule has 0 aliphatic carbocycles. The molecular weight excluding hydrogens is 290 g/mol. The molecule has 2 aromatic rings. The van der Waals surface area contributed by atoms with Gasteiger partial charge in [0.2, 0.25) is 0 Å². The van der Waals surface area contributed by atoms with Crippen LogP contribution in [0.2, 0.25) is 0 Å². The van der Waals surface area contributed by atoms with Crippen molar-refractivity contribution in [3.8, 4) is 5.75 Å². The molecule has 118 valence electrons. The molecule has 0 N–H and O–H groups in total. The maximum atomic E-state index is 5.79. The number of thiol groups is 1. The van der Waals surface area contributed by atoms with Crippen LogP contribution in [0.15, 0.2) is 54.6 Å². The standard InChI is InChI=1S/C19H25NOS/c1-20(13-15-22)12-5-14-21-19-10-8-18(9-11-19)16-17-6-3-2-4-7-17/h2-4,6-11,22H,5,12-16H2,1H3. The first-order valence-electron chi connectivity index (χ1n) is 7.83. The van der Waals surface area contributed by atoms with Crippen LogP contribution >= 0.6 is 12.6 Å². The van der Waals surface area contributed by atoms with E-state index in [1.807, 2.05) is 6.07 Å². The van der Waals surface area contributed by atoms with Crippen molar-refractivity contribution in [3.63, 3.8) is 0 Å². The molecule has 0 unspecified atom stereocenters. The normalized spacial score (nSPS) is 10.9. The highest BCUT2D eigenvalue weighted by atomic mass is 32.1. The second-order valence-corrected chi connectivity index (χ2v) is 5.98. The first kappa shape index (κ1) is 16.9. The van der Waals surface area contributed by atoms with E-state index in [-0.39, 0.29) is 0 Å². The van der Waals surface area contributed by atoms with Gasteiger partial charge in [0.15, 0.2) is 0 Å². The van der Waals surface area contributed by atoms with E-state index in [9.17, 15) is 0 Å². The van der Waals surface area contributed by atoms with Crippen molar-refractivity contribution in [1.29, 1.82) is 0 Å². The van der Waals surface area contributed by atoms with Crippen molar-refractivity contribution in [2.45, 2.75) is 12.8 Å². The Morgan fingerprint density at radius 2 is 1.59 bits per heavy atom. The summed E-state index contributed by atoms with van der Waals surface area (Å²) in [4.78, 5) is 2.28. The Kier molecular flexibility index (Phi) is 7.34. The largest absolute Gasteiger partial charge is 0.494 e. The minimum absolute atomic E-state index is 0.759. The molecule has 0 aliphatic heterocycles. The smallest absolute Gasteiger partial charge is 0.119 e. The molecule has 3 heteroatoms. The second kappa shape index (κ2) is 9.54. The summed E-state index contributed by atoms with van der Waals surface area (Å²) in [5, 5.41) is 0. The molecule has 2 rings (SSSR count). The lowest BCUT2D eigenvalue weighted by molar-refractivity contribution is 0.269. The van der Waals surface area contributed by atoms with Gasteiger partial charge < -0.3 is 9.64 Å². The van der Waals surface area contributed by atoms with Gasteiger partial charge in [0, 0.05) is 18.8 Å². The lowest BCUT2D eigenvalue weighted by Crippen LogP contribution is -2.23. The monoisotopic (exact) mass is 315 g/mol. The molecule has 0 spiro atoms. The first-order chi connectivity index (χ1) is 10.8. The molecular formula is C19H25NOS. The van der Waals surface area contributed by atoms with Crippen LogP contribution in [0, 0.1) is 0 Å². The summed E-state index contributed by atoms with van der Waals surface area (Å²) >= 11 is 4.23. The van der Waals surface area contributed by atoms with E-state index in [1.165, 1.54) is 11.1 Å². The van der Waals surface area contributed by atoms with Gasteiger partial charge in [0.25, 0.3) is 0 Å². The molecule has 0 bridgehead atoms. The van der Waals surface area contributed by atoms with Crippen LogP contribution in [0.1, 0.15) is 17.5 Å². The first-order valence-corrected chi connectivity index (χ1v) is 8.46. The Morgan fingerprint density at radius 3 is 2.27 bits per heavy atom. The van der Waals surface area contributed by atoms with Crippen LogP contribution in [-0.4, -0.2) is 37.4 Å². The van der Waals surface area contributed by atoms with E-state index in [0.717, 1.165) is 44.0 Å². The van der Waals surface area contributed by atoms with E-state index >= 15 is 0 Å². The third-order valence-corrected chi connectivity index (χ3v) is 3.81. The molecule has 22 heavy (non-hydrogen) atoms. The molecule has 0 amide bonds. The van der Waals surface area contributed by atoms with Crippen molar-refractivity contribution >= 4 is 12.6 Å². The Bertz CT molecular complexity index is 527. The molecule has 0 aromatic heterocycles. The van der Waals surface area contributed by atoms with Gasteiger partial charge in [0.1, 0.15) is 5.75 Å². The van der Waals surface area contributed by atoms with Crippen LogP contribution in [0.4, 0.5) is 0 Å². The molecule has 0 atom stereocenters. The zero-order chi connectivity index (χ0) is 15.6. The Hall–Kier alpha value is -1.45. The van der Waals surface area contributed by atoms with Crippen molar-refractivity contribution in [3.05, 3.63) is 65.7 Å². The van der Waals surface area contributed by atoms with Crippen LogP contribution in [0.3, 0.4) is 0 Å². The predicted octanol–water partition coefficient (Wildman–Crippen LogP) is 3.91. The average Bonchev–Trinajstić information content (AvgIpc) is 2.54. The van der Waals surface area contributed by atoms with Gasteiger partial charge in [-0.2, -0.15) is 12.6 Å². The summed E-state index contributed by atoms with van der Waals surface area (Å²) in [5.41, 5.74) is 2.65. The number of hydrogen-bond donors (Lipinski definition) is 1. The van der Waals surface area contributed by atoms with Crippen molar-refractivity contribution < 1.29 is 4.74 Å². The molecule has 2 aromatic carbocycles. The van der Waals surface area contributed by atoms with Gasteiger partial charge in [-0.1, -0.05) is 42.5 Å². The average molecular weight is 315 g/mol. The van der Waals surface area contributed by atoms with E-state index in [2.05, 4.69) is 73.1 Å². The summed E-state index contributed by atoms with van der Waals surface area (Å²) < 4.78 is 5.79. The molecule has 0 aliphatic rings. The number of ether oxygens (including phenoxy) is 1. The lowest BCUT2D eigenvalue weighted by atomic mass is 10.1. The van der Waals surface area contributed by atoms with Crippen molar-refractivity contribution in [1.82, 2.24) is 4.90 Å². The van der Waals surface area contributed by atoms with E-state index in [1.54, 1.807) is 0 Å². The fourth-order valence-corrected chi connectivity index (χ4v) is 2.68. The fourth-order valence-electron chi connectivity index (χ4n) is 2.34. The summed E-state index contributed by atoms with van der Waals surface area (Å²) in [6.45, 7) is 2.83. The van der Waals surface area contributed by atoms with Crippen LogP contribution in [-0.2, 0) is 6.42 Å². The topological polar surface area (TPSA) is 12.5 Å². The highest BCUT2D eigenvalue weighted by molar-refractivity contribution is 7.80. The highest BCUT2D eigenvalue weighted by Crippen LogP contribution is 2.15. The summed E-state index contributed by atoms with van der Waals surface area (Å²) in [6, 6.07) is 19.0. The molecule has 0 fully saturated rings. The second-order valence-electron chi connectivity index (χ2n) is 5.54. The summed E-state index contributed by atoms with van der Waals surface area (Å²) in [6.07, 6.45) is 2.01. The third-order valence-electron chi connectivity index (χ3n) is 3.61. The number of benzene rings is 2. The Morgan fingerprint density at radius 1 is 0.909 bits per heavy atom. The lowest BCUT2D eigenvalue weighted by Gasteiger charge is -2.15. The van der Waals surface area contributed by atoms with E-state index in [4.69, 9.17) is 4.74 Å². The number of nitrogens with zero attached hydrogens (tertiary/aromatic N) is 1. The fraction of sp³-hybridized carbons (Fsp3) is 0.368. The Balaban J connectivity index is 1.73. The molecule has 2 nitrogen and oxygen atoms in total. The minimum atomic E-state index is 0.759. The molecule has 0 saturated carbocycles. The van der Waals surface area contributed by atoms with Gasteiger partial charge in [-0.15, -0.1) is 0 Å². The van der Waals surface area contributed by atoms with Gasteiger partial charge in [-0.3, -0.25) is 0 Å². The van der Waals surface area contributed by atoms with Crippen LogP contribution in [0.25, 0.3) is 0 Å². The maximum absolute atomic E-state index is 5.79. The maximum Gasteiger partial charge on any atom is 0.119 e. The van der Waals surface area contributed by atoms with E-state index in [0.29, 0.717) is 0 Å². The van der Waals surface area contributed by atoms with Gasteiger partial charge >= 0.3 is 0 Å². The molecule has 0 radical (unpaired) electrons. The van der Waals surface area contributed by atoms with Gasteiger partial charge in [-0.25, -0.2) is 0 Å². The zero-order valence-corrected chi connectivity index (χ0v) is 14.1. The predicted molar refractivity (Wildman–Crippen MR) is 97.2 cm³/mol. The molecule has 0 heterocycles. The summed E-state index contributed by atoms with van der Waals surface area (Å²) in [5.74, 6) is 1.86. The van der Waals surface area contributed by atoms with Gasteiger partial charge in [0.05, 0.1) is 6.61 Å². The number of rotatable bonds is 9. The number of hydrogen-bond acceptors (Lipinski definition) is 3. The summed E-state index contributed by atoms with van der Waals surface area (Å²) in [7, 11) is 2.12. The van der Waals surface area contributed by atoms with Crippen LogP contribution < -0.4 is 4.74 Å². The SMILES string of the molecule is CN(CCS)CCCOc1ccc(Cc2ccccc2)cc1. The van der Waals surface area contributed by atoms with Gasteiger partial charge in [-0.05, 0) is 43.1 Å². The highest BCUT2D eigenvalue weighted by Gasteiger charge is 1.99.